The Hall–Kier alpha value is -0.950. The molecule has 0 saturated carbocycles. The Morgan fingerprint density at radius 3 is 3.07 bits per heavy atom. The van der Waals surface area contributed by atoms with Gasteiger partial charge in [-0.15, -0.1) is 4.68 Å². The van der Waals surface area contributed by atoms with Crippen LogP contribution in [0, 0.1) is 6.92 Å². The summed E-state index contributed by atoms with van der Waals surface area (Å²) in [4.78, 5) is 20.2. The summed E-state index contributed by atoms with van der Waals surface area (Å²) in [5.74, 6) is 6.03. The number of fused-ring (bicyclic) bond motifs is 1. The van der Waals surface area contributed by atoms with Crippen molar-refractivity contribution in [3.05, 3.63) is 11.2 Å². The zero-order valence-electron chi connectivity index (χ0n) is 7.12. The average Bonchev–Trinajstić information content (AvgIpc) is 2.54. The highest BCUT2D eigenvalue weighted by molar-refractivity contribution is 7.59. The first kappa shape index (κ1) is 9.60. The molecule has 3 N–H and O–H groups in total. The summed E-state index contributed by atoms with van der Waals surface area (Å²) < 4.78 is 13.3. The second-order valence-corrected chi connectivity index (χ2v) is 5.06. The molecule has 0 amide bonds. The van der Waals surface area contributed by atoms with Crippen LogP contribution in [-0.2, 0) is 4.57 Å². The fourth-order valence-electron chi connectivity index (χ4n) is 1.07. The normalized spacial score (nSPS) is 15.9. The van der Waals surface area contributed by atoms with Crippen molar-refractivity contribution in [1.82, 2.24) is 9.61 Å². The number of hydrogen-bond donors (Lipinski definition) is 2. The van der Waals surface area contributed by atoms with Gasteiger partial charge in [0.2, 0.25) is 5.44 Å². The van der Waals surface area contributed by atoms with Crippen LogP contribution >= 0.6 is 18.9 Å². The van der Waals surface area contributed by atoms with Gasteiger partial charge in [0.05, 0.1) is 0 Å². The van der Waals surface area contributed by atoms with Crippen molar-refractivity contribution in [2.45, 2.75) is 6.92 Å². The largest absolute Gasteiger partial charge is 0.773 e. The molecular formula is C5H7N4O3PS. The molecule has 1 atom stereocenters. The van der Waals surface area contributed by atoms with Gasteiger partial charge in [0.1, 0.15) is 0 Å². The first-order valence-corrected chi connectivity index (χ1v) is 6.05. The number of nitrogens with zero attached hydrogens (tertiary/aromatic N) is 3. The summed E-state index contributed by atoms with van der Waals surface area (Å²) >= 11 is 1.09. The molecule has 0 saturated heterocycles. The third-order valence-electron chi connectivity index (χ3n) is 1.76. The quantitative estimate of drug-likeness (QED) is 0.333. The van der Waals surface area contributed by atoms with Crippen molar-refractivity contribution in [2.24, 2.45) is 0 Å². The van der Waals surface area contributed by atoms with Crippen LogP contribution in [0.4, 0.5) is 0 Å². The molecular weight excluding hydrogens is 227 g/mol. The summed E-state index contributed by atoms with van der Waals surface area (Å²) in [6.45, 7) is 1.64. The van der Waals surface area contributed by atoms with Gasteiger partial charge in [0.25, 0.3) is 5.82 Å². The lowest BCUT2D eigenvalue weighted by Crippen LogP contribution is -2.45. The fourth-order valence-corrected chi connectivity index (χ4v) is 3.01. The van der Waals surface area contributed by atoms with E-state index in [0.717, 1.165) is 15.9 Å². The van der Waals surface area contributed by atoms with E-state index in [9.17, 15) is 9.46 Å². The molecule has 0 fully saturated rings. The predicted molar refractivity (Wildman–Crippen MR) is 47.6 cm³/mol. The lowest BCUT2D eigenvalue weighted by atomic mass is 10.7. The smallest absolute Gasteiger partial charge is 0.346 e. The van der Waals surface area contributed by atoms with Crippen LogP contribution in [0.5, 0.6) is 0 Å². The van der Waals surface area contributed by atoms with E-state index in [1.54, 1.807) is 6.92 Å². The molecule has 0 spiro atoms. The van der Waals surface area contributed by atoms with Crippen molar-refractivity contribution >= 4 is 29.3 Å². The molecule has 14 heavy (non-hydrogen) atoms. The van der Waals surface area contributed by atoms with E-state index < -0.39 is 7.60 Å². The monoisotopic (exact) mass is 234 g/mol. The van der Waals surface area contributed by atoms with Gasteiger partial charge in [0.15, 0.2) is 7.60 Å². The molecule has 0 radical (unpaired) electrons. The minimum absolute atomic E-state index is 0.246. The highest BCUT2D eigenvalue weighted by Gasteiger charge is 2.25. The maximum absolute atomic E-state index is 10.9. The Kier molecular flexibility index (Phi) is 1.90. The summed E-state index contributed by atoms with van der Waals surface area (Å²) in [7, 11) is -4.53. The summed E-state index contributed by atoms with van der Waals surface area (Å²) in [5.41, 5.74) is -0.246. The molecule has 2 aromatic rings. The van der Waals surface area contributed by atoms with Crippen molar-refractivity contribution in [3.8, 4) is 0 Å². The maximum atomic E-state index is 10.9. The first-order valence-electron chi connectivity index (χ1n) is 3.59. The molecule has 9 heteroatoms. The van der Waals surface area contributed by atoms with E-state index in [2.05, 4.69) is 5.10 Å². The van der Waals surface area contributed by atoms with Crippen LogP contribution < -0.4 is 20.8 Å². The third-order valence-corrected chi connectivity index (χ3v) is 3.75. The van der Waals surface area contributed by atoms with E-state index >= 15 is 0 Å². The Labute approximate surface area is 82.5 Å². The second-order valence-electron chi connectivity index (χ2n) is 2.73. The molecule has 1 unspecified atom stereocenters. The number of hydrogen-bond acceptors (Lipinski definition) is 5. The number of aromatic nitrogens is 3. The minimum Gasteiger partial charge on any atom is -0.773 e. The zero-order chi connectivity index (χ0) is 10.5. The molecule has 0 bridgehead atoms. The Bertz CT molecular complexity index is 540. The zero-order valence-corrected chi connectivity index (χ0v) is 8.83. The van der Waals surface area contributed by atoms with E-state index in [0.29, 0.717) is 10.8 Å². The van der Waals surface area contributed by atoms with Crippen molar-refractivity contribution in [1.29, 1.82) is 0 Å². The van der Waals surface area contributed by atoms with E-state index in [1.165, 1.54) is 10.1 Å². The Morgan fingerprint density at radius 1 is 1.86 bits per heavy atom. The number of rotatable bonds is 1. The molecule has 0 aliphatic heterocycles. The number of nitrogens with two attached hydrogens (primary N) is 1. The van der Waals surface area contributed by atoms with Crippen molar-refractivity contribution in [2.75, 3.05) is 5.84 Å². The van der Waals surface area contributed by atoms with Gasteiger partial charge in [-0.25, -0.2) is 0 Å². The summed E-state index contributed by atoms with van der Waals surface area (Å²) in [5, 5.41) is 5.16. The first-order chi connectivity index (χ1) is 6.41. The van der Waals surface area contributed by atoms with E-state index in [1.807, 2.05) is 0 Å². The van der Waals surface area contributed by atoms with Crippen LogP contribution in [0.15, 0.2) is 5.38 Å². The average molecular weight is 234 g/mol. The van der Waals surface area contributed by atoms with Gasteiger partial charge in [0, 0.05) is 17.4 Å². The molecule has 0 aliphatic carbocycles. The van der Waals surface area contributed by atoms with Gasteiger partial charge in [-0.3, -0.25) is 5.84 Å². The van der Waals surface area contributed by atoms with Gasteiger partial charge in [-0.1, -0.05) is 15.9 Å². The maximum Gasteiger partial charge on any atom is 0.346 e. The molecule has 2 rings (SSSR count). The Morgan fingerprint density at radius 2 is 2.50 bits per heavy atom. The van der Waals surface area contributed by atoms with Crippen LogP contribution in [0.1, 0.15) is 5.82 Å². The van der Waals surface area contributed by atoms with Gasteiger partial charge < -0.3 is 14.4 Å². The van der Waals surface area contributed by atoms with E-state index in [-0.39, 0.29) is 5.44 Å². The van der Waals surface area contributed by atoms with Crippen LogP contribution in [0.3, 0.4) is 0 Å². The molecule has 7 nitrogen and oxygen atoms in total. The van der Waals surface area contributed by atoms with Crippen molar-refractivity contribution < 1.29 is 19.0 Å². The Balaban J connectivity index is 2.82. The lowest BCUT2D eigenvalue weighted by Gasteiger charge is -2.09. The van der Waals surface area contributed by atoms with Crippen LogP contribution in [-0.4, -0.2) is 14.5 Å². The molecule has 0 aliphatic rings. The number of thiazole rings is 1. The topological polar surface area (TPSA) is 108 Å². The van der Waals surface area contributed by atoms with Gasteiger partial charge in [-0.05, 0) is 0 Å². The summed E-state index contributed by atoms with van der Waals surface area (Å²) in [6.07, 6.45) is 0. The molecule has 76 valence electrons. The number of nitrogen functional groups attached to an aromatic ring is 1. The summed E-state index contributed by atoms with van der Waals surface area (Å²) in [6, 6.07) is 0. The molecule has 2 aromatic heterocycles. The number of aryl methyl sites for hydroxylation is 1. The van der Waals surface area contributed by atoms with Crippen LogP contribution in [0.25, 0.3) is 4.96 Å². The van der Waals surface area contributed by atoms with Gasteiger partial charge in [-0.2, -0.15) is 0 Å². The fraction of sp³-hybridized carbons (Fsp3) is 0.200. The predicted octanol–water partition coefficient (Wildman–Crippen LogP) is -2.12. The SMILES string of the molecule is Cc1nn2c(P(=O)([O-])O)csc2[n+]1N. The third kappa shape index (κ3) is 1.24. The molecule has 0 aromatic carbocycles. The highest BCUT2D eigenvalue weighted by atomic mass is 32.1. The minimum atomic E-state index is -4.53. The van der Waals surface area contributed by atoms with Crippen molar-refractivity contribution in [3.63, 3.8) is 0 Å². The molecule has 2 heterocycles. The standard InChI is InChI=1S/C5H7N4O3PS/c1-3-7-9-4(13(10,11)12)2-14-5(9)8(3)6/h2H,6H2,1H3,(H-,10,11,12). The second kappa shape index (κ2) is 2.77. The highest BCUT2D eigenvalue weighted by Crippen LogP contribution is 2.29. The van der Waals surface area contributed by atoms with E-state index in [4.69, 9.17) is 10.7 Å². The van der Waals surface area contributed by atoms with Gasteiger partial charge >= 0.3 is 4.96 Å². The lowest BCUT2D eigenvalue weighted by molar-refractivity contribution is -0.617. The van der Waals surface area contributed by atoms with Crippen LogP contribution in [0.2, 0.25) is 0 Å².